The Bertz CT molecular complexity index is 1760. The highest BCUT2D eigenvalue weighted by Gasteiger charge is 2.18. The first kappa shape index (κ1) is 28.5. The molecule has 15 heteroatoms. The van der Waals surface area contributed by atoms with Gasteiger partial charge >= 0.3 is 10.2 Å². The van der Waals surface area contributed by atoms with Crippen LogP contribution in [0.2, 0.25) is 10.0 Å². The highest BCUT2D eigenvalue weighted by molar-refractivity contribution is 7.89. The fourth-order valence-electron chi connectivity index (χ4n) is 3.56. The highest BCUT2D eigenvalue weighted by atomic mass is 35.5. The molecule has 0 aliphatic heterocycles. The third kappa shape index (κ3) is 6.94. The number of ether oxygens (including phenoxy) is 1. The number of hydrogen-bond donors (Lipinski definition) is 3. The molecule has 3 aromatic carbocycles. The Labute approximate surface area is 234 Å². The predicted octanol–water partition coefficient (Wildman–Crippen LogP) is 4.33. The standard InChI is InChI=1S/C24H20Cl2FN5O5S2/c25-19-9-4-15(11-20(19)26)22-21(31-24(29)32-23(22)28)13-37-16-3-1-2-14(10-16)12-30-39(35,36)18-7-5-17(6-8-18)38(27,33)34/h1-11,30H,12-13H2,(H4,28,29,31,32). The van der Waals surface area contributed by atoms with Crippen molar-refractivity contribution in [2.24, 2.45) is 0 Å². The highest BCUT2D eigenvalue weighted by Crippen LogP contribution is 2.33. The van der Waals surface area contributed by atoms with Crippen LogP contribution in [0.4, 0.5) is 15.7 Å². The van der Waals surface area contributed by atoms with Gasteiger partial charge < -0.3 is 16.2 Å². The molecule has 5 N–H and O–H groups in total. The molecule has 0 saturated heterocycles. The summed E-state index contributed by atoms with van der Waals surface area (Å²) in [6.45, 7) is -0.157. The fourth-order valence-corrected chi connectivity index (χ4v) is 5.33. The van der Waals surface area contributed by atoms with Crippen LogP contribution in [-0.4, -0.2) is 26.8 Å². The van der Waals surface area contributed by atoms with Gasteiger partial charge in [-0.3, -0.25) is 0 Å². The summed E-state index contributed by atoms with van der Waals surface area (Å²) >= 11 is 12.2. The average Bonchev–Trinajstić information content (AvgIpc) is 2.88. The van der Waals surface area contributed by atoms with Crippen molar-refractivity contribution in [1.29, 1.82) is 0 Å². The molecule has 0 radical (unpaired) electrons. The van der Waals surface area contributed by atoms with Crippen LogP contribution in [-0.2, 0) is 33.4 Å². The van der Waals surface area contributed by atoms with E-state index in [1.165, 1.54) is 0 Å². The van der Waals surface area contributed by atoms with E-state index in [0.29, 0.717) is 38.2 Å². The molecule has 0 saturated carbocycles. The van der Waals surface area contributed by atoms with Gasteiger partial charge in [-0.2, -0.15) is 13.4 Å². The van der Waals surface area contributed by atoms with Crippen molar-refractivity contribution in [3.8, 4) is 16.9 Å². The van der Waals surface area contributed by atoms with E-state index in [1.54, 1.807) is 42.5 Å². The summed E-state index contributed by atoms with van der Waals surface area (Å²) in [5.74, 6) is 0.482. The average molecular weight is 612 g/mol. The minimum absolute atomic E-state index is 0.0461. The number of nitrogen functional groups attached to an aromatic ring is 2. The van der Waals surface area contributed by atoms with E-state index in [4.69, 9.17) is 39.4 Å². The van der Waals surface area contributed by atoms with E-state index in [-0.39, 0.29) is 29.8 Å². The second-order valence-electron chi connectivity index (χ2n) is 8.09. The largest absolute Gasteiger partial charge is 0.487 e. The maximum atomic E-state index is 13.1. The van der Waals surface area contributed by atoms with Gasteiger partial charge in [0, 0.05) is 12.1 Å². The van der Waals surface area contributed by atoms with Crippen molar-refractivity contribution in [3.05, 3.63) is 88.0 Å². The van der Waals surface area contributed by atoms with Crippen LogP contribution >= 0.6 is 23.2 Å². The molecule has 0 atom stereocenters. The number of aromatic nitrogens is 2. The Kier molecular flexibility index (Phi) is 8.28. The second-order valence-corrected chi connectivity index (χ2v) is 12.0. The number of nitrogens with zero attached hydrogens (tertiary/aromatic N) is 2. The van der Waals surface area contributed by atoms with E-state index in [1.807, 2.05) is 0 Å². The molecule has 0 aliphatic rings. The molecule has 39 heavy (non-hydrogen) atoms. The van der Waals surface area contributed by atoms with Gasteiger partial charge in [0.15, 0.2) is 0 Å². The molecule has 0 fully saturated rings. The first-order valence-corrected chi connectivity index (χ1v) is 14.6. The lowest BCUT2D eigenvalue weighted by Gasteiger charge is -2.14. The monoisotopic (exact) mass is 611 g/mol. The summed E-state index contributed by atoms with van der Waals surface area (Å²) in [6.07, 6.45) is 0. The molecule has 0 bridgehead atoms. The zero-order valence-corrected chi connectivity index (χ0v) is 23.0. The molecule has 10 nitrogen and oxygen atoms in total. The molecule has 4 rings (SSSR count). The van der Waals surface area contributed by atoms with Crippen molar-refractivity contribution in [1.82, 2.24) is 14.7 Å². The Morgan fingerprint density at radius 2 is 1.56 bits per heavy atom. The lowest BCUT2D eigenvalue weighted by molar-refractivity contribution is 0.301. The van der Waals surface area contributed by atoms with Crippen molar-refractivity contribution >= 4 is 55.2 Å². The number of nitrogens with two attached hydrogens (primary N) is 2. The maximum absolute atomic E-state index is 13.1. The Morgan fingerprint density at radius 3 is 2.23 bits per heavy atom. The zero-order valence-electron chi connectivity index (χ0n) is 19.8. The van der Waals surface area contributed by atoms with E-state index in [2.05, 4.69) is 14.7 Å². The maximum Gasteiger partial charge on any atom is 0.332 e. The first-order valence-electron chi connectivity index (χ1n) is 11.0. The summed E-state index contributed by atoms with van der Waals surface area (Å²) in [5, 5.41) is 0.682. The van der Waals surface area contributed by atoms with Gasteiger partial charge in [-0.25, -0.2) is 18.1 Å². The lowest BCUT2D eigenvalue weighted by atomic mass is 10.0. The van der Waals surface area contributed by atoms with Crippen LogP contribution in [0.25, 0.3) is 11.1 Å². The summed E-state index contributed by atoms with van der Waals surface area (Å²) in [5.41, 5.74) is 13.9. The van der Waals surface area contributed by atoms with E-state index in [0.717, 1.165) is 24.3 Å². The Morgan fingerprint density at radius 1 is 0.872 bits per heavy atom. The SMILES string of the molecule is Nc1nc(N)c(-c2ccc(Cl)c(Cl)c2)c(COc2cccc(CNS(=O)(=O)c3ccc(S(=O)(=O)F)cc3)c2)n1. The molecule has 0 unspecified atom stereocenters. The van der Waals surface area contributed by atoms with Gasteiger partial charge in [0.05, 0.1) is 25.5 Å². The summed E-state index contributed by atoms with van der Waals surface area (Å²) < 4.78 is 68.5. The predicted molar refractivity (Wildman–Crippen MR) is 146 cm³/mol. The van der Waals surface area contributed by atoms with Crippen molar-refractivity contribution in [3.63, 3.8) is 0 Å². The van der Waals surface area contributed by atoms with Crippen LogP contribution in [0.15, 0.2) is 76.5 Å². The van der Waals surface area contributed by atoms with Gasteiger partial charge in [-0.1, -0.05) is 41.4 Å². The number of halogens is 3. The smallest absolute Gasteiger partial charge is 0.332 e. The lowest BCUT2D eigenvalue weighted by Crippen LogP contribution is -2.23. The Hall–Kier alpha value is -3.49. The molecule has 1 aromatic heterocycles. The Balaban J connectivity index is 1.49. The zero-order chi connectivity index (χ0) is 28.4. The molecule has 4 aromatic rings. The molecule has 0 spiro atoms. The van der Waals surface area contributed by atoms with E-state index < -0.39 is 25.1 Å². The first-order chi connectivity index (χ1) is 18.3. The van der Waals surface area contributed by atoms with Gasteiger partial charge in [-0.05, 0) is 59.7 Å². The van der Waals surface area contributed by atoms with Crippen LogP contribution < -0.4 is 20.9 Å². The number of hydrogen-bond acceptors (Lipinski definition) is 9. The molecule has 204 valence electrons. The van der Waals surface area contributed by atoms with Crippen LogP contribution in [0.5, 0.6) is 5.75 Å². The molecule has 0 amide bonds. The third-order valence-corrected chi connectivity index (χ3v) is 8.38. The van der Waals surface area contributed by atoms with Crippen molar-refractivity contribution < 1.29 is 25.5 Å². The minimum Gasteiger partial charge on any atom is -0.487 e. The van der Waals surface area contributed by atoms with Crippen LogP contribution in [0.1, 0.15) is 11.3 Å². The van der Waals surface area contributed by atoms with Gasteiger partial charge in [-0.15, -0.1) is 3.89 Å². The van der Waals surface area contributed by atoms with Crippen molar-refractivity contribution in [2.75, 3.05) is 11.5 Å². The van der Waals surface area contributed by atoms with Gasteiger partial charge in [0.1, 0.15) is 18.2 Å². The summed E-state index contributed by atoms with van der Waals surface area (Å²) in [6, 6.07) is 15.3. The normalized spacial score (nSPS) is 11.9. The number of sulfonamides is 1. The van der Waals surface area contributed by atoms with Gasteiger partial charge in [0.2, 0.25) is 16.0 Å². The number of nitrogens with one attached hydrogen (secondary N) is 1. The number of anilines is 2. The molecular weight excluding hydrogens is 592 g/mol. The van der Waals surface area contributed by atoms with E-state index >= 15 is 0 Å². The topological polar surface area (TPSA) is 167 Å². The number of rotatable bonds is 9. The van der Waals surface area contributed by atoms with E-state index in [9.17, 15) is 20.7 Å². The van der Waals surface area contributed by atoms with Crippen molar-refractivity contribution in [2.45, 2.75) is 22.9 Å². The minimum atomic E-state index is -4.94. The quantitative estimate of drug-likeness (QED) is 0.233. The molecule has 1 heterocycles. The third-order valence-electron chi connectivity index (χ3n) is 5.39. The fraction of sp³-hybridized carbons (Fsp3) is 0.0833. The van der Waals surface area contributed by atoms with Gasteiger partial charge in [0.25, 0.3) is 0 Å². The van der Waals surface area contributed by atoms with Crippen LogP contribution in [0.3, 0.4) is 0 Å². The second kappa shape index (κ2) is 11.3. The summed E-state index contributed by atoms with van der Waals surface area (Å²) in [4.78, 5) is 7.41. The van der Waals surface area contributed by atoms with Crippen LogP contribution in [0, 0.1) is 0 Å². The molecule has 0 aliphatic carbocycles. The number of benzene rings is 3. The summed E-state index contributed by atoms with van der Waals surface area (Å²) in [7, 11) is -8.95. The molecular formula is C24H20Cl2FN5O5S2.